The van der Waals surface area contributed by atoms with Crippen molar-refractivity contribution in [1.82, 2.24) is 10.6 Å². The average molecular weight is 228 g/mol. The molecule has 1 amide bonds. The molecule has 0 saturated carbocycles. The Morgan fingerprint density at radius 3 is 2.94 bits per heavy atom. The summed E-state index contributed by atoms with van der Waals surface area (Å²) in [6.07, 6.45) is 1.13. The molecule has 90 valence electrons. The van der Waals surface area contributed by atoms with E-state index < -0.39 is 12.1 Å². The molecule has 3 atom stereocenters. The van der Waals surface area contributed by atoms with Gasteiger partial charge < -0.3 is 20.5 Å². The molecular weight excluding hydrogens is 212 g/mol. The Kier molecular flexibility index (Phi) is 3.40. The largest absolute Gasteiger partial charge is 0.479 e. The Balaban J connectivity index is 1.68. The van der Waals surface area contributed by atoms with E-state index in [0.29, 0.717) is 25.9 Å². The van der Waals surface area contributed by atoms with E-state index in [-0.39, 0.29) is 18.1 Å². The third-order valence-electron chi connectivity index (χ3n) is 2.99. The van der Waals surface area contributed by atoms with E-state index >= 15 is 0 Å². The van der Waals surface area contributed by atoms with Crippen LogP contribution >= 0.6 is 0 Å². The molecule has 3 unspecified atom stereocenters. The van der Waals surface area contributed by atoms with E-state index in [1.54, 1.807) is 0 Å². The molecule has 2 aliphatic rings. The second kappa shape index (κ2) is 4.80. The molecule has 2 saturated heterocycles. The van der Waals surface area contributed by atoms with Gasteiger partial charge in [-0.15, -0.1) is 0 Å². The van der Waals surface area contributed by atoms with Crippen molar-refractivity contribution in [2.45, 2.75) is 37.5 Å². The normalized spacial score (nSPS) is 34.0. The van der Waals surface area contributed by atoms with Gasteiger partial charge in [-0.2, -0.15) is 0 Å². The Labute approximate surface area is 93.3 Å². The van der Waals surface area contributed by atoms with E-state index in [9.17, 15) is 9.59 Å². The summed E-state index contributed by atoms with van der Waals surface area (Å²) < 4.78 is 5.34. The molecule has 2 fully saturated rings. The zero-order valence-corrected chi connectivity index (χ0v) is 8.94. The monoisotopic (exact) mass is 228 g/mol. The number of amides is 1. The molecular formula is C10H16N2O4. The number of nitrogens with one attached hydrogen (secondary N) is 2. The lowest BCUT2D eigenvalue weighted by molar-refractivity contribution is -0.149. The van der Waals surface area contributed by atoms with Crippen molar-refractivity contribution in [2.75, 3.05) is 13.1 Å². The van der Waals surface area contributed by atoms with Crippen LogP contribution in [0.2, 0.25) is 0 Å². The van der Waals surface area contributed by atoms with Gasteiger partial charge in [0.2, 0.25) is 5.91 Å². The lowest BCUT2D eigenvalue weighted by Gasteiger charge is -2.15. The quantitative estimate of drug-likeness (QED) is 0.580. The lowest BCUT2D eigenvalue weighted by Crippen LogP contribution is -2.37. The van der Waals surface area contributed by atoms with Gasteiger partial charge >= 0.3 is 5.97 Å². The van der Waals surface area contributed by atoms with Crippen LogP contribution in [-0.2, 0) is 14.3 Å². The SMILES string of the molecule is O=C1CC(NCC2CCC(C(=O)O)O2)CN1. The van der Waals surface area contributed by atoms with Crippen LogP contribution in [0.15, 0.2) is 0 Å². The zero-order valence-electron chi connectivity index (χ0n) is 8.94. The van der Waals surface area contributed by atoms with Gasteiger partial charge in [-0.3, -0.25) is 4.79 Å². The van der Waals surface area contributed by atoms with E-state index in [0.717, 1.165) is 6.42 Å². The van der Waals surface area contributed by atoms with E-state index in [1.807, 2.05) is 0 Å². The van der Waals surface area contributed by atoms with Crippen LogP contribution in [0.1, 0.15) is 19.3 Å². The van der Waals surface area contributed by atoms with Crippen molar-refractivity contribution in [3.63, 3.8) is 0 Å². The van der Waals surface area contributed by atoms with Crippen LogP contribution in [0.4, 0.5) is 0 Å². The molecule has 0 spiro atoms. The highest BCUT2D eigenvalue weighted by molar-refractivity contribution is 5.78. The number of carbonyl (C=O) groups excluding carboxylic acids is 1. The minimum absolute atomic E-state index is 0.0446. The summed E-state index contributed by atoms with van der Waals surface area (Å²) in [4.78, 5) is 21.6. The van der Waals surface area contributed by atoms with Crippen molar-refractivity contribution >= 4 is 11.9 Å². The van der Waals surface area contributed by atoms with Crippen molar-refractivity contribution in [2.24, 2.45) is 0 Å². The second-order valence-electron chi connectivity index (χ2n) is 4.28. The number of ether oxygens (including phenoxy) is 1. The molecule has 0 radical (unpaired) electrons. The van der Waals surface area contributed by atoms with E-state index in [4.69, 9.17) is 9.84 Å². The van der Waals surface area contributed by atoms with Crippen molar-refractivity contribution in [3.8, 4) is 0 Å². The van der Waals surface area contributed by atoms with Crippen LogP contribution in [0, 0.1) is 0 Å². The highest BCUT2D eigenvalue weighted by atomic mass is 16.5. The number of carbonyl (C=O) groups is 2. The van der Waals surface area contributed by atoms with Gasteiger partial charge in [0, 0.05) is 25.6 Å². The highest BCUT2D eigenvalue weighted by Crippen LogP contribution is 2.19. The fourth-order valence-corrected chi connectivity index (χ4v) is 2.09. The van der Waals surface area contributed by atoms with Crippen molar-refractivity contribution in [1.29, 1.82) is 0 Å². The first-order valence-electron chi connectivity index (χ1n) is 5.53. The number of rotatable bonds is 4. The van der Waals surface area contributed by atoms with Gasteiger partial charge in [0.25, 0.3) is 0 Å². The number of hydrogen-bond donors (Lipinski definition) is 3. The summed E-state index contributed by atoms with van der Waals surface area (Å²) in [5, 5.41) is 14.7. The maximum absolute atomic E-state index is 10.9. The minimum Gasteiger partial charge on any atom is -0.479 e. The third kappa shape index (κ3) is 2.70. The third-order valence-corrected chi connectivity index (χ3v) is 2.99. The van der Waals surface area contributed by atoms with Gasteiger partial charge in [-0.25, -0.2) is 4.79 Å². The Bertz CT molecular complexity index is 295. The summed E-state index contributed by atoms with van der Waals surface area (Å²) in [6.45, 7) is 1.26. The molecule has 6 heteroatoms. The average Bonchev–Trinajstić information content (AvgIpc) is 2.83. The number of aliphatic carboxylic acids is 1. The second-order valence-corrected chi connectivity index (χ2v) is 4.28. The number of carboxylic acids is 1. The number of hydrogen-bond acceptors (Lipinski definition) is 4. The molecule has 0 bridgehead atoms. The molecule has 0 aromatic rings. The van der Waals surface area contributed by atoms with E-state index in [1.165, 1.54) is 0 Å². The Morgan fingerprint density at radius 1 is 1.56 bits per heavy atom. The van der Waals surface area contributed by atoms with Gasteiger partial charge in [-0.1, -0.05) is 0 Å². The summed E-state index contributed by atoms with van der Waals surface area (Å²) in [7, 11) is 0. The Morgan fingerprint density at radius 2 is 2.38 bits per heavy atom. The molecule has 0 aliphatic carbocycles. The predicted molar refractivity (Wildman–Crippen MR) is 54.9 cm³/mol. The maximum Gasteiger partial charge on any atom is 0.332 e. The van der Waals surface area contributed by atoms with Crippen LogP contribution in [-0.4, -0.2) is 48.3 Å². The topological polar surface area (TPSA) is 87.7 Å². The molecule has 6 nitrogen and oxygen atoms in total. The van der Waals surface area contributed by atoms with Crippen LogP contribution in [0.25, 0.3) is 0 Å². The molecule has 3 N–H and O–H groups in total. The number of carboxylic acid groups (broad SMARTS) is 1. The fourth-order valence-electron chi connectivity index (χ4n) is 2.09. The molecule has 2 rings (SSSR count). The molecule has 2 heterocycles. The zero-order chi connectivity index (χ0) is 11.5. The van der Waals surface area contributed by atoms with Crippen molar-refractivity contribution < 1.29 is 19.4 Å². The summed E-state index contributed by atoms with van der Waals surface area (Å²) in [5.41, 5.74) is 0. The summed E-state index contributed by atoms with van der Waals surface area (Å²) >= 11 is 0. The minimum atomic E-state index is -0.889. The van der Waals surface area contributed by atoms with Crippen LogP contribution < -0.4 is 10.6 Å². The first-order valence-corrected chi connectivity index (χ1v) is 5.53. The maximum atomic E-state index is 10.9. The first-order chi connectivity index (χ1) is 7.65. The molecule has 2 aliphatic heterocycles. The van der Waals surface area contributed by atoms with Gasteiger partial charge in [0.05, 0.1) is 6.10 Å². The van der Waals surface area contributed by atoms with E-state index in [2.05, 4.69) is 10.6 Å². The summed E-state index contributed by atoms with van der Waals surface area (Å²) in [5.74, 6) is -0.825. The predicted octanol–water partition coefficient (Wildman–Crippen LogP) is -0.903. The lowest BCUT2D eigenvalue weighted by atomic mass is 10.2. The standard InChI is InChI=1S/C10H16N2O4/c13-9-3-6(4-12-9)11-5-7-1-2-8(16-7)10(14)15/h6-8,11H,1-5H2,(H,12,13)(H,14,15). The smallest absolute Gasteiger partial charge is 0.332 e. The van der Waals surface area contributed by atoms with Gasteiger partial charge in [0.1, 0.15) is 0 Å². The first kappa shape index (κ1) is 11.3. The van der Waals surface area contributed by atoms with Gasteiger partial charge in [-0.05, 0) is 12.8 Å². The Hall–Kier alpha value is -1.14. The molecule has 0 aromatic carbocycles. The molecule has 0 aromatic heterocycles. The molecule has 16 heavy (non-hydrogen) atoms. The summed E-state index contributed by atoms with van der Waals surface area (Å²) in [6, 6.07) is 0.153. The fraction of sp³-hybridized carbons (Fsp3) is 0.800. The van der Waals surface area contributed by atoms with Crippen LogP contribution in [0.3, 0.4) is 0 Å². The highest BCUT2D eigenvalue weighted by Gasteiger charge is 2.31. The van der Waals surface area contributed by atoms with Crippen molar-refractivity contribution in [3.05, 3.63) is 0 Å². The van der Waals surface area contributed by atoms with Gasteiger partial charge in [0.15, 0.2) is 6.10 Å². The van der Waals surface area contributed by atoms with Crippen LogP contribution in [0.5, 0.6) is 0 Å².